The van der Waals surface area contributed by atoms with Gasteiger partial charge >= 0.3 is 0 Å². The van der Waals surface area contributed by atoms with E-state index in [0.717, 1.165) is 38.5 Å². The molecule has 0 spiro atoms. The highest BCUT2D eigenvalue weighted by Crippen LogP contribution is 2.32. The Kier molecular flexibility index (Phi) is 7.93. The summed E-state index contributed by atoms with van der Waals surface area (Å²) in [7, 11) is 0. The van der Waals surface area contributed by atoms with Crippen LogP contribution in [-0.2, 0) is 32.0 Å². The molecule has 3 heterocycles. The van der Waals surface area contributed by atoms with Crippen LogP contribution in [0.5, 0.6) is 0 Å². The highest BCUT2D eigenvalue weighted by molar-refractivity contribution is 6.05. The number of hydrogen-bond donors (Lipinski definition) is 2. The first kappa shape index (κ1) is 26.3. The van der Waals surface area contributed by atoms with E-state index >= 15 is 4.39 Å². The number of benzene rings is 1. The average molecular weight is 516 g/mol. The molecule has 2 N–H and O–H groups in total. The predicted octanol–water partition coefficient (Wildman–Crippen LogP) is 3.00. The van der Waals surface area contributed by atoms with Gasteiger partial charge in [0.2, 0.25) is 11.8 Å². The van der Waals surface area contributed by atoms with Gasteiger partial charge in [-0.2, -0.15) is 0 Å². The fourth-order valence-corrected chi connectivity index (χ4v) is 6.31. The van der Waals surface area contributed by atoms with Gasteiger partial charge < -0.3 is 19.7 Å². The summed E-state index contributed by atoms with van der Waals surface area (Å²) in [4.78, 5) is 38.2. The SMILES string of the molecule is CC(C)O[C@H]1CC[C@@H](N[C@H]2CCCO[C@@H]2Cc2ccc3c(c2F)CN(C2CCC(=O)NC2=O)C3=O)CC1. The van der Waals surface area contributed by atoms with Crippen molar-refractivity contribution < 1.29 is 28.2 Å². The van der Waals surface area contributed by atoms with E-state index in [9.17, 15) is 14.4 Å². The van der Waals surface area contributed by atoms with Gasteiger partial charge in [0.15, 0.2) is 0 Å². The molecule has 3 atom stereocenters. The van der Waals surface area contributed by atoms with Crippen molar-refractivity contribution in [2.24, 2.45) is 0 Å². The number of fused-ring (bicyclic) bond motifs is 1. The average Bonchev–Trinajstić information content (AvgIpc) is 3.20. The molecule has 1 unspecified atom stereocenters. The zero-order valence-electron chi connectivity index (χ0n) is 21.8. The number of amides is 3. The van der Waals surface area contributed by atoms with Crippen LogP contribution in [0.25, 0.3) is 0 Å². The molecule has 8 nitrogen and oxygen atoms in total. The fraction of sp³-hybridized carbons (Fsp3) is 0.679. The lowest BCUT2D eigenvalue weighted by molar-refractivity contribution is -0.136. The summed E-state index contributed by atoms with van der Waals surface area (Å²) >= 11 is 0. The smallest absolute Gasteiger partial charge is 0.255 e. The van der Waals surface area contributed by atoms with Crippen molar-refractivity contribution in [3.63, 3.8) is 0 Å². The van der Waals surface area contributed by atoms with Crippen molar-refractivity contribution in [3.05, 3.63) is 34.6 Å². The summed E-state index contributed by atoms with van der Waals surface area (Å²) < 4.78 is 27.8. The summed E-state index contributed by atoms with van der Waals surface area (Å²) in [6.07, 6.45) is 7.47. The number of carbonyl (C=O) groups is 3. The molecule has 1 aromatic carbocycles. The number of rotatable bonds is 7. The Morgan fingerprint density at radius 1 is 1.14 bits per heavy atom. The summed E-state index contributed by atoms with van der Waals surface area (Å²) in [5.74, 6) is -1.58. The molecule has 5 rings (SSSR count). The number of carbonyl (C=O) groups excluding carboxylic acids is 3. The van der Waals surface area contributed by atoms with Gasteiger partial charge in [0, 0.05) is 42.7 Å². The van der Waals surface area contributed by atoms with Gasteiger partial charge in [-0.25, -0.2) is 4.39 Å². The van der Waals surface area contributed by atoms with Crippen LogP contribution in [0.3, 0.4) is 0 Å². The molecule has 202 valence electrons. The minimum absolute atomic E-state index is 0.0367. The van der Waals surface area contributed by atoms with Crippen LogP contribution in [0.4, 0.5) is 4.39 Å². The number of nitrogens with one attached hydrogen (secondary N) is 2. The van der Waals surface area contributed by atoms with Crippen LogP contribution in [0, 0.1) is 5.82 Å². The summed E-state index contributed by atoms with van der Waals surface area (Å²) in [5.41, 5.74) is 1.16. The topological polar surface area (TPSA) is 97.0 Å². The highest BCUT2D eigenvalue weighted by Gasteiger charge is 2.41. The first-order chi connectivity index (χ1) is 17.8. The lowest BCUT2D eigenvalue weighted by Crippen LogP contribution is -2.52. The number of hydrogen-bond acceptors (Lipinski definition) is 6. The van der Waals surface area contributed by atoms with E-state index < -0.39 is 11.9 Å². The molecule has 0 radical (unpaired) electrons. The minimum Gasteiger partial charge on any atom is -0.376 e. The molecule has 3 fully saturated rings. The van der Waals surface area contributed by atoms with E-state index in [0.29, 0.717) is 41.9 Å². The van der Waals surface area contributed by atoms with Gasteiger partial charge in [-0.15, -0.1) is 0 Å². The third kappa shape index (κ3) is 5.73. The van der Waals surface area contributed by atoms with Crippen molar-refractivity contribution in [2.75, 3.05) is 6.61 Å². The normalized spacial score (nSPS) is 30.5. The first-order valence-electron chi connectivity index (χ1n) is 13.8. The lowest BCUT2D eigenvalue weighted by atomic mass is 9.89. The van der Waals surface area contributed by atoms with Crippen molar-refractivity contribution >= 4 is 17.7 Å². The van der Waals surface area contributed by atoms with E-state index in [1.54, 1.807) is 12.1 Å². The van der Waals surface area contributed by atoms with Crippen LogP contribution in [-0.4, -0.2) is 65.7 Å². The molecule has 1 aliphatic carbocycles. The molecule has 0 aromatic heterocycles. The van der Waals surface area contributed by atoms with E-state index in [4.69, 9.17) is 9.47 Å². The van der Waals surface area contributed by atoms with Crippen molar-refractivity contribution in [1.82, 2.24) is 15.5 Å². The zero-order valence-corrected chi connectivity index (χ0v) is 21.8. The van der Waals surface area contributed by atoms with E-state index in [-0.39, 0.29) is 55.3 Å². The monoisotopic (exact) mass is 515 g/mol. The second-order valence-corrected chi connectivity index (χ2v) is 11.2. The quantitative estimate of drug-likeness (QED) is 0.542. The molecule has 0 bridgehead atoms. The van der Waals surface area contributed by atoms with Crippen molar-refractivity contribution in [3.8, 4) is 0 Å². The summed E-state index contributed by atoms with van der Waals surface area (Å²) in [6.45, 7) is 4.85. The molecule has 4 aliphatic rings. The molecule has 1 aromatic rings. The van der Waals surface area contributed by atoms with Crippen LogP contribution < -0.4 is 10.6 Å². The maximum absolute atomic E-state index is 15.7. The summed E-state index contributed by atoms with van der Waals surface area (Å²) in [6, 6.07) is 3.16. The zero-order chi connectivity index (χ0) is 26.1. The predicted molar refractivity (Wildman–Crippen MR) is 134 cm³/mol. The highest BCUT2D eigenvalue weighted by atomic mass is 19.1. The molecule has 2 saturated heterocycles. The van der Waals surface area contributed by atoms with Crippen molar-refractivity contribution in [2.45, 2.75) is 115 Å². The van der Waals surface area contributed by atoms with Gasteiger partial charge in [0.05, 0.1) is 24.9 Å². The number of ether oxygens (including phenoxy) is 2. The molecule has 9 heteroatoms. The Morgan fingerprint density at radius 2 is 1.92 bits per heavy atom. The maximum Gasteiger partial charge on any atom is 0.255 e. The molecule has 37 heavy (non-hydrogen) atoms. The van der Waals surface area contributed by atoms with E-state index in [1.807, 2.05) is 0 Å². The van der Waals surface area contributed by atoms with E-state index in [1.165, 1.54) is 4.90 Å². The van der Waals surface area contributed by atoms with Gasteiger partial charge in [-0.1, -0.05) is 6.07 Å². The Balaban J connectivity index is 1.23. The third-order valence-corrected chi connectivity index (χ3v) is 8.18. The second kappa shape index (κ2) is 11.2. The van der Waals surface area contributed by atoms with Crippen molar-refractivity contribution in [1.29, 1.82) is 0 Å². The van der Waals surface area contributed by atoms with Gasteiger partial charge in [-0.05, 0) is 70.4 Å². The molecule has 3 aliphatic heterocycles. The van der Waals surface area contributed by atoms with Gasteiger partial charge in [0.1, 0.15) is 11.9 Å². The number of piperidine rings is 1. The molecule has 1 saturated carbocycles. The molecular formula is C28H38FN3O5. The largest absolute Gasteiger partial charge is 0.376 e. The third-order valence-electron chi connectivity index (χ3n) is 8.18. The molecular weight excluding hydrogens is 477 g/mol. The second-order valence-electron chi connectivity index (χ2n) is 11.2. The maximum atomic E-state index is 15.7. The van der Waals surface area contributed by atoms with Gasteiger partial charge in [-0.3, -0.25) is 19.7 Å². The van der Waals surface area contributed by atoms with Gasteiger partial charge in [0.25, 0.3) is 5.91 Å². The van der Waals surface area contributed by atoms with E-state index in [2.05, 4.69) is 24.5 Å². The Bertz CT molecular complexity index is 1040. The van der Waals surface area contributed by atoms with Crippen LogP contribution in [0.1, 0.15) is 86.7 Å². The summed E-state index contributed by atoms with van der Waals surface area (Å²) in [5, 5.41) is 6.09. The Morgan fingerprint density at radius 3 is 2.65 bits per heavy atom. The number of halogens is 1. The van der Waals surface area contributed by atoms with Crippen LogP contribution in [0.2, 0.25) is 0 Å². The Labute approximate surface area is 217 Å². The number of nitrogens with zero attached hydrogens (tertiary/aromatic N) is 1. The van der Waals surface area contributed by atoms with Crippen LogP contribution in [0.15, 0.2) is 12.1 Å². The lowest BCUT2D eigenvalue weighted by Gasteiger charge is -2.38. The minimum atomic E-state index is -0.753. The first-order valence-corrected chi connectivity index (χ1v) is 13.8. The standard InChI is InChI=1S/C28H38FN3O5/c1-16(2)37-19-8-6-18(7-9-19)30-22-4-3-13-36-24(22)14-17-5-10-20-21(26(17)29)15-32(28(20)35)23-11-12-25(33)31-27(23)34/h5,10,16,18-19,22-24,30H,3-4,6-9,11-15H2,1-2H3,(H,31,33,34)/t18-,19+,22-,23?,24+/m0/s1. The fourth-order valence-electron chi connectivity index (χ4n) is 6.31. The number of imide groups is 1. The molecule has 3 amide bonds. The van der Waals surface area contributed by atoms with Crippen LogP contribution >= 0.6 is 0 Å². The Hall–Kier alpha value is -2.36.